The molecular weight excluding hydrogens is 340 g/mol. The number of fused-ring (bicyclic) bond motifs is 1. The molecule has 7 nitrogen and oxygen atoms in total. The van der Waals surface area contributed by atoms with Crippen LogP contribution in [0, 0.1) is 11.3 Å². The van der Waals surface area contributed by atoms with E-state index in [9.17, 15) is 4.79 Å². The zero-order chi connectivity index (χ0) is 19.0. The molecule has 3 heterocycles. The summed E-state index contributed by atoms with van der Waals surface area (Å²) in [7, 11) is 0. The van der Waals surface area contributed by atoms with Crippen LogP contribution in [0.5, 0.6) is 0 Å². The molecule has 2 aliphatic heterocycles. The summed E-state index contributed by atoms with van der Waals surface area (Å²) in [5.41, 5.74) is 5.08. The van der Waals surface area contributed by atoms with Gasteiger partial charge in [0, 0.05) is 35.6 Å². The Hall–Kier alpha value is -3.66. The number of piperidine rings is 1. The Morgan fingerprint density at radius 2 is 2.11 bits per heavy atom. The molecule has 1 aromatic heterocycles. The highest BCUT2D eigenvalue weighted by Gasteiger charge is 2.33. The highest BCUT2D eigenvalue weighted by atomic mass is 16.1. The van der Waals surface area contributed by atoms with Gasteiger partial charge in [0.1, 0.15) is 6.07 Å². The van der Waals surface area contributed by atoms with Gasteiger partial charge in [-0.25, -0.2) is 0 Å². The summed E-state index contributed by atoms with van der Waals surface area (Å²) in [6.45, 7) is 8.96. The van der Waals surface area contributed by atoms with E-state index in [0.29, 0.717) is 18.8 Å². The molecule has 1 atom stereocenters. The van der Waals surface area contributed by atoms with E-state index >= 15 is 0 Å². The minimum absolute atomic E-state index is 0.0218. The molecule has 1 unspecified atom stereocenters. The van der Waals surface area contributed by atoms with Gasteiger partial charge in [0.2, 0.25) is 5.91 Å². The average molecular weight is 358 g/mol. The molecule has 0 radical (unpaired) electrons. The van der Waals surface area contributed by atoms with Gasteiger partial charge in [0.05, 0.1) is 6.04 Å². The summed E-state index contributed by atoms with van der Waals surface area (Å²) in [6, 6.07) is 11.4. The number of amides is 1. The quantitative estimate of drug-likeness (QED) is 0.876. The summed E-state index contributed by atoms with van der Waals surface area (Å²) in [4.78, 5) is 13.7. The summed E-state index contributed by atoms with van der Waals surface area (Å²) >= 11 is 0. The SMILES string of the molecule is C=C1NC(=O)CCC1N1Cc2cc(Nc3ccc(C#N)nn3)ccc2C1=C. The fraction of sp³-hybridized carbons (Fsp3) is 0.200. The van der Waals surface area contributed by atoms with Crippen LogP contribution < -0.4 is 10.6 Å². The fourth-order valence-corrected chi connectivity index (χ4v) is 3.53. The van der Waals surface area contributed by atoms with Gasteiger partial charge in [-0.05, 0) is 36.2 Å². The maximum atomic E-state index is 11.5. The van der Waals surface area contributed by atoms with Crippen molar-refractivity contribution in [3.63, 3.8) is 0 Å². The first kappa shape index (κ1) is 16.8. The number of nitrogens with zero attached hydrogens (tertiary/aromatic N) is 4. The molecular formula is C20H18N6O. The van der Waals surface area contributed by atoms with E-state index in [2.05, 4.69) is 45.0 Å². The van der Waals surface area contributed by atoms with Crippen molar-refractivity contribution in [3.05, 3.63) is 66.0 Å². The van der Waals surface area contributed by atoms with Gasteiger partial charge in [-0.15, -0.1) is 10.2 Å². The third-order valence-corrected chi connectivity index (χ3v) is 4.88. The normalized spacial score (nSPS) is 18.7. The third kappa shape index (κ3) is 3.13. The molecule has 2 aliphatic rings. The second-order valence-electron chi connectivity index (χ2n) is 6.62. The van der Waals surface area contributed by atoms with Gasteiger partial charge in [-0.2, -0.15) is 5.26 Å². The second-order valence-corrected chi connectivity index (χ2v) is 6.62. The van der Waals surface area contributed by atoms with Crippen LogP contribution in [0.1, 0.15) is 29.7 Å². The first-order chi connectivity index (χ1) is 13.0. The van der Waals surface area contributed by atoms with Crippen molar-refractivity contribution in [2.75, 3.05) is 5.32 Å². The van der Waals surface area contributed by atoms with E-state index in [-0.39, 0.29) is 17.6 Å². The van der Waals surface area contributed by atoms with Crippen molar-refractivity contribution in [1.29, 1.82) is 5.26 Å². The van der Waals surface area contributed by atoms with E-state index in [4.69, 9.17) is 5.26 Å². The Bertz CT molecular complexity index is 989. The van der Waals surface area contributed by atoms with Crippen molar-refractivity contribution in [3.8, 4) is 6.07 Å². The average Bonchev–Trinajstić information content (AvgIpc) is 2.98. The van der Waals surface area contributed by atoms with Crippen LogP contribution >= 0.6 is 0 Å². The Morgan fingerprint density at radius 1 is 1.26 bits per heavy atom. The molecule has 2 N–H and O–H groups in total. The number of hydrogen-bond acceptors (Lipinski definition) is 6. The highest BCUT2D eigenvalue weighted by molar-refractivity contribution is 5.80. The first-order valence-corrected chi connectivity index (χ1v) is 8.63. The van der Waals surface area contributed by atoms with E-state index in [1.165, 1.54) is 0 Å². The Balaban J connectivity index is 1.53. The summed E-state index contributed by atoms with van der Waals surface area (Å²) in [5, 5.41) is 22.7. The van der Waals surface area contributed by atoms with Crippen LogP contribution in [-0.4, -0.2) is 27.0 Å². The maximum absolute atomic E-state index is 11.5. The molecule has 1 amide bonds. The lowest BCUT2D eigenvalue weighted by Crippen LogP contribution is -2.43. The van der Waals surface area contributed by atoms with Crippen molar-refractivity contribution in [2.24, 2.45) is 0 Å². The number of nitriles is 1. The molecule has 2 aromatic rings. The van der Waals surface area contributed by atoms with E-state index in [1.807, 2.05) is 18.2 Å². The fourth-order valence-electron chi connectivity index (χ4n) is 3.53. The minimum atomic E-state index is 0.0218. The second kappa shape index (κ2) is 6.57. The Kier molecular flexibility index (Phi) is 4.09. The number of anilines is 2. The number of rotatable bonds is 3. The van der Waals surface area contributed by atoms with Crippen LogP contribution in [0.4, 0.5) is 11.5 Å². The Labute approximate surface area is 157 Å². The molecule has 0 aliphatic carbocycles. The highest BCUT2D eigenvalue weighted by Crippen LogP contribution is 2.37. The van der Waals surface area contributed by atoms with E-state index < -0.39 is 0 Å². The number of benzene rings is 1. The van der Waals surface area contributed by atoms with E-state index in [1.54, 1.807) is 12.1 Å². The molecule has 1 saturated heterocycles. The number of carbonyl (C=O) groups excluding carboxylic acids is 1. The number of nitrogens with one attached hydrogen (secondary N) is 2. The van der Waals surface area contributed by atoms with Crippen LogP contribution in [0.3, 0.4) is 0 Å². The smallest absolute Gasteiger partial charge is 0.224 e. The largest absolute Gasteiger partial charge is 0.359 e. The predicted molar refractivity (Wildman–Crippen MR) is 101 cm³/mol. The Morgan fingerprint density at radius 3 is 2.81 bits per heavy atom. The zero-order valence-electron chi connectivity index (χ0n) is 14.7. The first-order valence-electron chi connectivity index (χ1n) is 8.63. The molecule has 1 aromatic carbocycles. The van der Waals surface area contributed by atoms with Crippen molar-refractivity contribution < 1.29 is 4.79 Å². The molecule has 0 saturated carbocycles. The maximum Gasteiger partial charge on any atom is 0.224 e. The number of hydrogen-bond donors (Lipinski definition) is 2. The van der Waals surface area contributed by atoms with Crippen molar-refractivity contribution in [2.45, 2.75) is 25.4 Å². The van der Waals surface area contributed by atoms with Crippen LogP contribution in [0.2, 0.25) is 0 Å². The van der Waals surface area contributed by atoms with Crippen LogP contribution in [-0.2, 0) is 11.3 Å². The summed E-state index contributed by atoms with van der Waals surface area (Å²) in [6.07, 6.45) is 1.23. The van der Waals surface area contributed by atoms with Gasteiger partial charge in [0.15, 0.2) is 11.5 Å². The molecule has 27 heavy (non-hydrogen) atoms. The molecule has 1 fully saturated rings. The van der Waals surface area contributed by atoms with Crippen molar-refractivity contribution in [1.82, 2.24) is 20.4 Å². The van der Waals surface area contributed by atoms with Gasteiger partial charge in [-0.1, -0.05) is 19.2 Å². The van der Waals surface area contributed by atoms with Crippen molar-refractivity contribution >= 4 is 23.1 Å². The number of carbonyl (C=O) groups is 1. The van der Waals surface area contributed by atoms with Gasteiger partial charge < -0.3 is 15.5 Å². The van der Waals surface area contributed by atoms with Crippen LogP contribution in [0.25, 0.3) is 5.70 Å². The minimum Gasteiger partial charge on any atom is -0.359 e. The third-order valence-electron chi connectivity index (χ3n) is 4.88. The van der Waals surface area contributed by atoms with Gasteiger partial charge in [0.25, 0.3) is 0 Å². The molecule has 0 spiro atoms. The molecule has 0 bridgehead atoms. The molecule has 134 valence electrons. The summed E-state index contributed by atoms with van der Waals surface area (Å²) < 4.78 is 0. The monoisotopic (exact) mass is 358 g/mol. The summed E-state index contributed by atoms with van der Waals surface area (Å²) in [5.74, 6) is 0.597. The number of aromatic nitrogens is 2. The van der Waals surface area contributed by atoms with Gasteiger partial charge in [-0.3, -0.25) is 4.79 Å². The molecule has 7 heteroatoms. The van der Waals surface area contributed by atoms with E-state index in [0.717, 1.165) is 34.6 Å². The molecule has 4 rings (SSSR count). The predicted octanol–water partition coefficient (Wildman–Crippen LogP) is 2.67. The zero-order valence-corrected chi connectivity index (χ0v) is 14.7. The topological polar surface area (TPSA) is 93.9 Å². The lowest BCUT2D eigenvalue weighted by molar-refractivity contribution is -0.121. The van der Waals surface area contributed by atoms with Crippen LogP contribution in [0.15, 0.2) is 49.2 Å². The lowest BCUT2D eigenvalue weighted by atomic mass is 10.0. The standard InChI is InChI=1S/C20H18N6O/c1-12-18(6-8-20(27)22-12)26-11-14-9-15(3-5-17(14)13(26)2)23-19-7-4-16(10-21)24-25-19/h3-5,7,9,18H,1-2,6,8,11H2,(H,22,27)(H,23,25). The van der Waals surface area contributed by atoms with Gasteiger partial charge >= 0.3 is 0 Å². The lowest BCUT2D eigenvalue weighted by Gasteiger charge is -2.34.